The van der Waals surface area contributed by atoms with Gasteiger partial charge in [-0.3, -0.25) is 0 Å². The standard InChI is InChI=1S/C17H17ClF2O/c1-21-15-5-2-12(3-6-15)8-14(11-18)9-13-4-7-16(19)17(20)10-13/h2-7,10,14H,8-9,11H2,1H3. The lowest BCUT2D eigenvalue weighted by molar-refractivity contribution is 0.414. The number of halogens is 3. The van der Waals surface area contributed by atoms with E-state index in [0.717, 1.165) is 29.4 Å². The van der Waals surface area contributed by atoms with Crippen molar-refractivity contribution in [3.63, 3.8) is 0 Å². The molecule has 0 saturated heterocycles. The fourth-order valence-corrected chi connectivity index (χ4v) is 2.49. The number of benzene rings is 2. The van der Waals surface area contributed by atoms with Crippen LogP contribution < -0.4 is 4.74 Å². The van der Waals surface area contributed by atoms with Crippen LogP contribution in [0.1, 0.15) is 11.1 Å². The van der Waals surface area contributed by atoms with Crippen LogP contribution in [-0.2, 0) is 12.8 Å². The molecule has 0 radical (unpaired) electrons. The van der Waals surface area contributed by atoms with Crippen LogP contribution in [-0.4, -0.2) is 13.0 Å². The summed E-state index contributed by atoms with van der Waals surface area (Å²) in [6, 6.07) is 11.8. The lowest BCUT2D eigenvalue weighted by Gasteiger charge is -2.14. The first-order valence-electron chi connectivity index (χ1n) is 6.75. The molecule has 2 rings (SSSR count). The van der Waals surface area contributed by atoms with Crippen molar-refractivity contribution in [3.8, 4) is 5.75 Å². The zero-order valence-corrected chi connectivity index (χ0v) is 12.5. The maximum absolute atomic E-state index is 13.2. The summed E-state index contributed by atoms with van der Waals surface area (Å²) in [7, 11) is 1.62. The molecule has 0 aromatic heterocycles. The molecule has 4 heteroatoms. The topological polar surface area (TPSA) is 9.23 Å². The second kappa shape index (κ2) is 7.41. The molecular weight excluding hydrogens is 294 g/mol. The van der Waals surface area contributed by atoms with E-state index in [-0.39, 0.29) is 5.92 Å². The Morgan fingerprint density at radius 1 is 0.952 bits per heavy atom. The molecule has 0 spiro atoms. The Kier molecular flexibility index (Phi) is 5.57. The molecule has 1 unspecified atom stereocenters. The van der Waals surface area contributed by atoms with Crippen molar-refractivity contribution in [2.75, 3.05) is 13.0 Å². The van der Waals surface area contributed by atoms with E-state index in [9.17, 15) is 8.78 Å². The molecule has 2 aromatic rings. The minimum Gasteiger partial charge on any atom is -0.497 e. The minimum absolute atomic E-state index is 0.171. The summed E-state index contributed by atoms with van der Waals surface area (Å²) in [6.45, 7) is 0. The van der Waals surface area contributed by atoms with Gasteiger partial charge in [0.05, 0.1) is 7.11 Å². The van der Waals surface area contributed by atoms with E-state index >= 15 is 0 Å². The monoisotopic (exact) mass is 310 g/mol. The quantitative estimate of drug-likeness (QED) is 0.708. The van der Waals surface area contributed by atoms with Gasteiger partial charge >= 0.3 is 0 Å². The second-order valence-electron chi connectivity index (χ2n) is 5.03. The zero-order valence-electron chi connectivity index (χ0n) is 11.8. The molecule has 0 aliphatic heterocycles. The smallest absolute Gasteiger partial charge is 0.159 e. The first-order valence-corrected chi connectivity index (χ1v) is 7.28. The molecule has 0 N–H and O–H groups in total. The first kappa shape index (κ1) is 15.8. The summed E-state index contributed by atoms with van der Waals surface area (Å²) >= 11 is 6.00. The summed E-state index contributed by atoms with van der Waals surface area (Å²) in [6.07, 6.45) is 1.40. The zero-order chi connectivity index (χ0) is 15.2. The van der Waals surface area contributed by atoms with Crippen LogP contribution in [0.4, 0.5) is 8.78 Å². The van der Waals surface area contributed by atoms with Crippen molar-refractivity contribution in [1.29, 1.82) is 0 Å². The van der Waals surface area contributed by atoms with Crippen molar-refractivity contribution in [2.45, 2.75) is 12.8 Å². The van der Waals surface area contributed by atoms with Gasteiger partial charge in [-0.2, -0.15) is 0 Å². The van der Waals surface area contributed by atoms with Gasteiger partial charge in [-0.25, -0.2) is 8.78 Å². The Morgan fingerprint density at radius 2 is 1.57 bits per heavy atom. The second-order valence-corrected chi connectivity index (χ2v) is 5.33. The van der Waals surface area contributed by atoms with Gasteiger partial charge in [0.2, 0.25) is 0 Å². The summed E-state index contributed by atoms with van der Waals surface area (Å²) in [5.74, 6) is -0.196. The fraction of sp³-hybridized carbons (Fsp3) is 0.294. The molecule has 112 valence electrons. The van der Waals surface area contributed by atoms with E-state index in [1.54, 1.807) is 13.2 Å². The highest BCUT2D eigenvalue weighted by Crippen LogP contribution is 2.20. The Morgan fingerprint density at radius 3 is 2.14 bits per heavy atom. The molecule has 0 aliphatic carbocycles. The molecule has 0 bridgehead atoms. The molecule has 0 saturated carbocycles. The molecule has 0 fully saturated rings. The minimum atomic E-state index is -0.823. The van der Waals surface area contributed by atoms with E-state index in [2.05, 4.69) is 0 Å². The lowest BCUT2D eigenvalue weighted by atomic mass is 9.94. The number of alkyl halides is 1. The van der Waals surface area contributed by atoms with Crippen molar-refractivity contribution < 1.29 is 13.5 Å². The Balaban J connectivity index is 2.03. The van der Waals surface area contributed by atoms with Gasteiger partial charge in [0.15, 0.2) is 11.6 Å². The lowest BCUT2D eigenvalue weighted by Crippen LogP contribution is -2.10. The third-order valence-electron chi connectivity index (χ3n) is 3.41. The largest absolute Gasteiger partial charge is 0.497 e. The number of ether oxygens (including phenoxy) is 1. The highest BCUT2D eigenvalue weighted by atomic mass is 35.5. The number of hydrogen-bond donors (Lipinski definition) is 0. The van der Waals surface area contributed by atoms with Gasteiger partial charge in [-0.05, 0) is 54.2 Å². The highest BCUT2D eigenvalue weighted by Gasteiger charge is 2.12. The van der Waals surface area contributed by atoms with Crippen molar-refractivity contribution in [1.82, 2.24) is 0 Å². The average molecular weight is 311 g/mol. The normalized spacial score (nSPS) is 12.2. The molecule has 0 aliphatic rings. The van der Waals surface area contributed by atoms with Crippen LogP contribution >= 0.6 is 11.6 Å². The van der Waals surface area contributed by atoms with Gasteiger partial charge in [0, 0.05) is 5.88 Å². The molecule has 1 nitrogen and oxygen atoms in total. The van der Waals surface area contributed by atoms with Crippen LogP contribution in [0.5, 0.6) is 5.75 Å². The van der Waals surface area contributed by atoms with Crippen LogP contribution in [0.15, 0.2) is 42.5 Å². The summed E-state index contributed by atoms with van der Waals surface area (Å²) in [4.78, 5) is 0. The molecular formula is C17H17ClF2O. The average Bonchev–Trinajstić information content (AvgIpc) is 2.51. The van der Waals surface area contributed by atoms with Gasteiger partial charge in [-0.15, -0.1) is 11.6 Å². The third-order valence-corrected chi connectivity index (χ3v) is 3.85. The molecule has 21 heavy (non-hydrogen) atoms. The Bertz CT molecular complexity index is 584. The summed E-state index contributed by atoms with van der Waals surface area (Å²) in [5.41, 5.74) is 1.90. The number of rotatable bonds is 6. The van der Waals surface area contributed by atoms with Crippen molar-refractivity contribution >= 4 is 11.6 Å². The van der Waals surface area contributed by atoms with E-state index in [1.807, 2.05) is 24.3 Å². The van der Waals surface area contributed by atoms with E-state index in [4.69, 9.17) is 16.3 Å². The van der Waals surface area contributed by atoms with E-state index in [1.165, 1.54) is 6.07 Å². The van der Waals surface area contributed by atoms with Gasteiger partial charge < -0.3 is 4.74 Å². The summed E-state index contributed by atoms with van der Waals surface area (Å²) in [5, 5.41) is 0. The van der Waals surface area contributed by atoms with E-state index < -0.39 is 11.6 Å². The molecule has 0 amide bonds. The highest BCUT2D eigenvalue weighted by molar-refractivity contribution is 6.18. The van der Waals surface area contributed by atoms with Gasteiger partial charge in [-0.1, -0.05) is 18.2 Å². The predicted octanol–water partition coefficient (Wildman–Crippen LogP) is 4.61. The van der Waals surface area contributed by atoms with Crippen molar-refractivity contribution in [3.05, 3.63) is 65.2 Å². The molecule has 2 aromatic carbocycles. The first-order chi connectivity index (χ1) is 10.1. The van der Waals surface area contributed by atoms with Crippen LogP contribution in [0.3, 0.4) is 0 Å². The predicted molar refractivity (Wildman–Crippen MR) is 81.0 cm³/mol. The maximum atomic E-state index is 13.2. The van der Waals surface area contributed by atoms with Crippen LogP contribution in [0, 0.1) is 17.6 Å². The maximum Gasteiger partial charge on any atom is 0.159 e. The summed E-state index contributed by atoms with van der Waals surface area (Å²) < 4.78 is 31.3. The SMILES string of the molecule is COc1ccc(CC(CCl)Cc2ccc(F)c(F)c2)cc1. The van der Waals surface area contributed by atoms with Crippen LogP contribution in [0.2, 0.25) is 0 Å². The van der Waals surface area contributed by atoms with Crippen molar-refractivity contribution in [2.24, 2.45) is 5.92 Å². The fourth-order valence-electron chi connectivity index (χ4n) is 2.28. The van der Waals surface area contributed by atoms with Gasteiger partial charge in [0.1, 0.15) is 5.75 Å². The van der Waals surface area contributed by atoms with Crippen LogP contribution in [0.25, 0.3) is 0 Å². The molecule has 0 heterocycles. The molecule has 1 atom stereocenters. The third kappa shape index (κ3) is 4.43. The number of hydrogen-bond acceptors (Lipinski definition) is 1. The number of methoxy groups -OCH3 is 1. The van der Waals surface area contributed by atoms with Gasteiger partial charge in [0.25, 0.3) is 0 Å². The Hall–Kier alpha value is -1.61. The van der Waals surface area contributed by atoms with E-state index in [0.29, 0.717) is 12.3 Å². The Labute approximate surface area is 128 Å².